The number of nitrogens with zero attached hydrogens (tertiary/aromatic N) is 3. The van der Waals surface area contributed by atoms with E-state index in [9.17, 15) is 4.79 Å². The Morgan fingerprint density at radius 2 is 2.32 bits per heavy atom. The minimum absolute atomic E-state index is 0.256. The number of rotatable bonds is 2. The van der Waals surface area contributed by atoms with Crippen molar-refractivity contribution in [2.75, 3.05) is 18.8 Å². The number of hydrogen-bond acceptors (Lipinski definition) is 6. The van der Waals surface area contributed by atoms with E-state index in [4.69, 9.17) is 15.7 Å². The van der Waals surface area contributed by atoms with Crippen molar-refractivity contribution in [3.63, 3.8) is 0 Å². The molecule has 0 bridgehead atoms. The second-order valence-electron chi connectivity index (χ2n) is 6.57. The molecule has 1 aliphatic rings. The van der Waals surface area contributed by atoms with Gasteiger partial charge in [0, 0.05) is 19.5 Å². The first-order valence-electron chi connectivity index (χ1n) is 7.41. The molecule has 1 unspecified atom stereocenters. The molecule has 2 N–H and O–H groups in total. The molecule has 2 heterocycles. The monoisotopic (exact) mass is 322 g/mol. The molecule has 7 heteroatoms. The van der Waals surface area contributed by atoms with Crippen LogP contribution in [0.2, 0.25) is 0 Å². The Bertz CT molecular complexity index is 585. The molecule has 1 aliphatic heterocycles. The Balaban J connectivity index is 1.95. The molecule has 0 spiro atoms. The van der Waals surface area contributed by atoms with E-state index in [2.05, 4.69) is 11.1 Å². The van der Waals surface area contributed by atoms with Crippen molar-refractivity contribution in [3.8, 4) is 6.07 Å². The van der Waals surface area contributed by atoms with Crippen molar-refractivity contribution in [2.24, 2.45) is 5.92 Å². The van der Waals surface area contributed by atoms with Crippen molar-refractivity contribution >= 4 is 23.2 Å². The van der Waals surface area contributed by atoms with Crippen LogP contribution in [0.5, 0.6) is 0 Å². The number of nitrogen functional groups attached to an aromatic ring is 1. The van der Waals surface area contributed by atoms with Gasteiger partial charge in [-0.05, 0) is 39.5 Å². The molecule has 120 valence electrons. The maximum absolute atomic E-state index is 12.1. The fourth-order valence-corrected chi connectivity index (χ4v) is 3.41. The van der Waals surface area contributed by atoms with Crippen LogP contribution in [-0.2, 0) is 11.2 Å². The Morgan fingerprint density at radius 1 is 1.59 bits per heavy atom. The van der Waals surface area contributed by atoms with E-state index < -0.39 is 5.60 Å². The van der Waals surface area contributed by atoms with E-state index in [0.717, 1.165) is 30.8 Å². The molecule has 0 aliphatic carbocycles. The summed E-state index contributed by atoms with van der Waals surface area (Å²) in [5.41, 5.74) is 5.22. The SMILES string of the molecule is CC(C)(C)OC(=O)N1CCCC(Cc2nc(N)c(C#N)s2)C1. The molecule has 1 fully saturated rings. The highest BCUT2D eigenvalue weighted by atomic mass is 32.1. The molecule has 22 heavy (non-hydrogen) atoms. The van der Waals surface area contributed by atoms with Crippen LogP contribution in [0.15, 0.2) is 0 Å². The number of aromatic nitrogens is 1. The smallest absolute Gasteiger partial charge is 0.410 e. The van der Waals surface area contributed by atoms with Gasteiger partial charge >= 0.3 is 6.09 Å². The third kappa shape index (κ3) is 4.34. The van der Waals surface area contributed by atoms with Gasteiger partial charge in [0.25, 0.3) is 0 Å². The van der Waals surface area contributed by atoms with Crippen LogP contribution >= 0.6 is 11.3 Å². The zero-order chi connectivity index (χ0) is 16.3. The number of amides is 1. The number of piperidine rings is 1. The van der Waals surface area contributed by atoms with E-state index >= 15 is 0 Å². The molecule has 6 nitrogen and oxygen atoms in total. The number of ether oxygens (including phenoxy) is 1. The summed E-state index contributed by atoms with van der Waals surface area (Å²) in [5.74, 6) is 0.640. The van der Waals surface area contributed by atoms with Gasteiger partial charge in [-0.1, -0.05) is 0 Å². The van der Waals surface area contributed by atoms with Gasteiger partial charge in [-0.3, -0.25) is 0 Å². The van der Waals surface area contributed by atoms with Gasteiger partial charge in [0.2, 0.25) is 0 Å². The molecule has 1 aromatic rings. The van der Waals surface area contributed by atoms with Gasteiger partial charge in [-0.15, -0.1) is 11.3 Å². The standard InChI is InChI=1S/C15H22N4O2S/c1-15(2,3)21-14(20)19-6-4-5-10(9-19)7-12-18-13(17)11(8-16)22-12/h10H,4-7,9,17H2,1-3H3. The molecule has 0 aromatic carbocycles. The molecule has 0 radical (unpaired) electrons. The molecular formula is C15H22N4O2S. The Morgan fingerprint density at radius 3 is 2.91 bits per heavy atom. The number of thiazole rings is 1. The van der Waals surface area contributed by atoms with Gasteiger partial charge in [0.15, 0.2) is 5.82 Å². The Labute approximate surface area is 134 Å². The van der Waals surface area contributed by atoms with Gasteiger partial charge < -0.3 is 15.4 Å². The van der Waals surface area contributed by atoms with E-state index in [1.165, 1.54) is 11.3 Å². The average Bonchev–Trinajstić information content (AvgIpc) is 2.77. The first-order chi connectivity index (χ1) is 10.3. The van der Waals surface area contributed by atoms with Crippen molar-refractivity contribution < 1.29 is 9.53 Å². The second-order valence-corrected chi connectivity index (χ2v) is 7.66. The number of nitrogens with two attached hydrogens (primary N) is 1. The first kappa shape index (κ1) is 16.6. The first-order valence-corrected chi connectivity index (χ1v) is 8.23. The average molecular weight is 322 g/mol. The highest BCUT2D eigenvalue weighted by Crippen LogP contribution is 2.26. The minimum atomic E-state index is -0.477. The summed E-state index contributed by atoms with van der Waals surface area (Å²) >= 11 is 1.34. The van der Waals surface area contributed by atoms with E-state index in [1.54, 1.807) is 4.90 Å². The van der Waals surface area contributed by atoms with Gasteiger partial charge in [-0.25, -0.2) is 9.78 Å². The molecule has 1 amide bonds. The Hall–Kier alpha value is -1.81. The molecule has 1 atom stereocenters. The van der Waals surface area contributed by atoms with E-state index in [-0.39, 0.29) is 6.09 Å². The predicted octanol–water partition coefficient (Wildman–Crippen LogP) is 2.79. The fourth-order valence-electron chi connectivity index (χ4n) is 2.52. The Kier molecular flexibility index (Phi) is 4.91. The van der Waals surface area contributed by atoms with Gasteiger partial charge in [0.05, 0.1) is 5.01 Å². The maximum atomic E-state index is 12.1. The molecule has 1 aromatic heterocycles. The van der Waals surface area contributed by atoms with Crippen LogP contribution in [0.3, 0.4) is 0 Å². The normalized spacial score (nSPS) is 18.8. The largest absolute Gasteiger partial charge is 0.444 e. The summed E-state index contributed by atoms with van der Waals surface area (Å²) in [6, 6.07) is 2.05. The number of likely N-dealkylation sites (tertiary alicyclic amines) is 1. The number of nitriles is 1. The third-order valence-corrected chi connectivity index (χ3v) is 4.43. The second kappa shape index (κ2) is 6.53. The summed E-state index contributed by atoms with van der Waals surface area (Å²) in [6.07, 6.45) is 2.49. The van der Waals surface area contributed by atoms with Crippen molar-refractivity contribution in [3.05, 3.63) is 9.88 Å². The molecule has 2 rings (SSSR count). The van der Waals surface area contributed by atoms with Crippen LogP contribution in [0.1, 0.15) is 43.5 Å². The van der Waals surface area contributed by atoms with Crippen LogP contribution in [-0.4, -0.2) is 34.7 Å². The van der Waals surface area contributed by atoms with Crippen LogP contribution < -0.4 is 5.73 Å². The minimum Gasteiger partial charge on any atom is -0.444 e. The predicted molar refractivity (Wildman–Crippen MR) is 85.5 cm³/mol. The highest BCUT2D eigenvalue weighted by Gasteiger charge is 2.28. The lowest BCUT2D eigenvalue weighted by atomic mass is 9.95. The van der Waals surface area contributed by atoms with Crippen LogP contribution in [0, 0.1) is 17.2 Å². The lowest BCUT2D eigenvalue weighted by Crippen LogP contribution is -2.43. The lowest BCUT2D eigenvalue weighted by Gasteiger charge is -2.33. The number of anilines is 1. The molecule has 0 saturated carbocycles. The summed E-state index contributed by atoms with van der Waals surface area (Å²) in [7, 11) is 0. The number of carbonyl (C=O) groups excluding carboxylic acids is 1. The fraction of sp³-hybridized carbons (Fsp3) is 0.667. The van der Waals surface area contributed by atoms with E-state index in [1.807, 2.05) is 20.8 Å². The van der Waals surface area contributed by atoms with Crippen LogP contribution in [0.4, 0.5) is 10.6 Å². The quantitative estimate of drug-likeness (QED) is 0.904. The number of hydrogen-bond donors (Lipinski definition) is 1. The van der Waals surface area contributed by atoms with Gasteiger partial charge in [0.1, 0.15) is 16.5 Å². The van der Waals surface area contributed by atoms with Crippen molar-refractivity contribution in [1.82, 2.24) is 9.88 Å². The maximum Gasteiger partial charge on any atom is 0.410 e. The van der Waals surface area contributed by atoms with Gasteiger partial charge in [-0.2, -0.15) is 5.26 Å². The molecular weight excluding hydrogens is 300 g/mol. The zero-order valence-corrected chi connectivity index (χ0v) is 14.1. The van der Waals surface area contributed by atoms with Crippen molar-refractivity contribution in [1.29, 1.82) is 5.26 Å². The molecule has 1 saturated heterocycles. The highest BCUT2D eigenvalue weighted by molar-refractivity contribution is 7.12. The van der Waals surface area contributed by atoms with Crippen LogP contribution in [0.25, 0.3) is 0 Å². The van der Waals surface area contributed by atoms with Crippen molar-refractivity contribution in [2.45, 2.75) is 45.6 Å². The summed E-state index contributed by atoms with van der Waals surface area (Å²) in [5, 5.41) is 9.80. The lowest BCUT2D eigenvalue weighted by molar-refractivity contribution is 0.0166. The van der Waals surface area contributed by atoms with E-state index in [0.29, 0.717) is 23.2 Å². The topological polar surface area (TPSA) is 92.2 Å². The third-order valence-electron chi connectivity index (χ3n) is 3.43. The summed E-state index contributed by atoms with van der Waals surface area (Å²) in [6.45, 7) is 7.00. The number of carbonyl (C=O) groups is 1. The zero-order valence-electron chi connectivity index (χ0n) is 13.3. The summed E-state index contributed by atoms with van der Waals surface area (Å²) < 4.78 is 5.43. The summed E-state index contributed by atoms with van der Waals surface area (Å²) in [4.78, 5) is 18.6.